The highest BCUT2D eigenvalue weighted by Gasteiger charge is 2.30. The van der Waals surface area contributed by atoms with Crippen LogP contribution < -0.4 is 0 Å². The van der Waals surface area contributed by atoms with E-state index in [9.17, 15) is 4.79 Å². The fraction of sp³-hybridized carbons (Fsp3) is 0.500. The van der Waals surface area contributed by atoms with E-state index in [1.165, 1.54) is 6.42 Å². The van der Waals surface area contributed by atoms with Gasteiger partial charge in [-0.05, 0) is 31.2 Å². The zero-order valence-electron chi connectivity index (χ0n) is 13.1. The summed E-state index contributed by atoms with van der Waals surface area (Å²) >= 11 is 0. The second-order valence-corrected chi connectivity index (χ2v) is 6.66. The molecule has 1 N–H and O–H groups in total. The van der Waals surface area contributed by atoms with E-state index in [1.54, 1.807) is 0 Å². The highest BCUT2D eigenvalue weighted by atomic mass is 16.1. The molecule has 21 heavy (non-hydrogen) atoms. The van der Waals surface area contributed by atoms with Crippen LogP contribution in [0.3, 0.4) is 0 Å². The molecule has 2 aromatic rings. The smallest absolute Gasteiger partial charge is 0.178 e. The zero-order valence-corrected chi connectivity index (χ0v) is 13.1. The van der Waals surface area contributed by atoms with Gasteiger partial charge in [0.2, 0.25) is 0 Å². The minimum absolute atomic E-state index is 0.223. The number of likely N-dealkylation sites (tertiary alicyclic amines) is 1. The van der Waals surface area contributed by atoms with Gasteiger partial charge in [0.1, 0.15) is 0 Å². The number of para-hydroxylation sites is 1. The summed E-state index contributed by atoms with van der Waals surface area (Å²) in [5.74, 6) is 1.55. The van der Waals surface area contributed by atoms with Crippen LogP contribution in [0.15, 0.2) is 30.5 Å². The van der Waals surface area contributed by atoms with Crippen LogP contribution in [-0.4, -0.2) is 34.8 Å². The zero-order chi connectivity index (χ0) is 15.0. The van der Waals surface area contributed by atoms with Crippen LogP contribution in [0.5, 0.6) is 0 Å². The van der Waals surface area contributed by atoms with Crippen molar-refractivity contribution in [3.05, 3.63) is 36.0 Å². The first-order valence-corrected chi connectivity index (χ1v) is 7.89. The standard InChI is InChI=1S/C18H24N2O/c1-12-8-13(2)14(3)20(10-12)11-18(21)16-9-19-17-7-5-4-6-15(16)17/h4-7,9,12-14,19H,8,10-11H2,1-3H3. The van der Waals surface area contributed by atoms with Crippen molar-refractivity contribution in [3.8, 4) is 0 Å². The highest BCUT2D eigenvalue weighted by molar-refractivity contribution is 6.08. The first-order valence-electron chi connectivity index (χ1n) is 7.89. The number of rotatable bonds is 3. The summed E-state index contributed by atoms with van der Waals surface area (Å²) in [5.41, 5.74) is 1.86. The van der Waals surface area contributed by atoms with Gasteiger partial charge in [-0.1, -0.05) is 32.0 Å². The lowest BCUT2D eigenvalue weighted by Crippen LogP contribution is -2.47. The van der Waals surface area contributed by atoms with Gasteiger partial charge >= 0.3 is 0 Å². The fourth-order valence-corrected chi connectivity index (χ4v) is 3.61. The van der Waals surface area contributed by atoms with E-state index in [0.29, 0.717) is 24.4 Å². The summed E-state index contributed by atoms with van der Waals surface area (Å²) in [7, 11) is 0. The molecule has 0 amide bonds. The third-order valence-electron chi connectivity index (χ3n) is 4.96. The van der Waals surface area contributed by atoms with Gasteiger partial charge in [-0.25, -0.2) is 0 Å². The average Bonchev–Trinajstić information content (AvgIpc) is 2.88. The number of nitrogens with one attached hydrogen (secondary N) is 1. The summed E-state index contributed by atoms with van der Waals surface area (Å²) in [5, 5.41) is 1.04. The topological polar surface area (TPSA) is 36.1 Å². The van der Waals surface area contributed by atoms with Crippen molar-refractivity contribution in [3.63, 3.8) is 0 Å². The predicted octanol–water partition coefficient (Wildman–Crippen LogP) is 3.72. The number of carbonyl (C=O) groups excluding carboxylic acids is 1. The van der Waals surface area contributed by atoms with Gasteiger partial charge in [-0.3, -0.25) is 9.69 Å². The van der Waals surface area contributed by atoms with Crippen molar-refractivity contribution >= 4 is 16.7 Å². The molecule has 0 bridgehead atoms. The molecule has 112 valence electrons. The Morgan fingerprint density at radius 2 is 2.05 bits per heavy atom. The molecule has 1 aromatic carbocycles. The van der Waals surface area contributed by atoms with E-state index < -0.39 is 0 Å². The Hall–Kier alpha value is -1.61. The van der Waals surface area contributed by atoms with Gasteiger partial charge in [0, 0.05) is 35.2 Å². The van der Waals surface area contributed by atoms with Crippen molar-refractivity contribution in [2.45, 2.75) is 33.2 Å². The lowest BCUT2D eigenvalue weighted by molar-refractivity contribution is 0.0651. The Morgan fingerprint density at radius 1 is 1.29 bits per heavy atom. The number of piperidine rings is 1. The fourth-order valence-electron chi connectivity index (χ4n) is 3.61. The van der Waals surface area contributed by atoms with E-state index in [-0.39, 0.29) is 5.78 Å². The number of ketones is 1. The van der Waals surface area contributed by atoms with Gasteiger partial charge in [-0.2, -0.15) is 0 Å². The molecule has 1 aromatic heterocycles. The molecule has 0 aliphatic carbocycles. The Labute approximate surface area is 126 Å². The largest absolute Gasteiger partial charge is 0.360 e. The summed E-state index contributed by atoms with van der Waals surface area (Å²) in [6.07, 6.45) is 3.12. The molecule has 1 aliphatic rings. The number of Topliss-reactive ketones (excluding diaryl/α,β-unsaturated/α-hetero) is 1. The van der Waals surface area contributed by atoms with Crippen LogP contribution in [0.4, 0.5) is 0 Å². The molecule has 3 atom stereocenters. The van der Waals surface area contributed by atoms with Crippen LogP contribution in [-0.2, 0) is 0 Å². The highest BCUT2D eigenvalue weighted by Crippen LogP contribution is 2.27. The van der Waals surface area contributed by atoms with Crippen molar-refractivity contribution in [2.75, 3.05) is 13.1 Å². The lowest BCUT2D eigenvalue weighted by Gasteiger charge is -2.40. The second kappa shape index (κ2) is 5.64. The molecule has 1 fully saturated rings. The summed E-state index contributed by atoms with van der Waals surface area (Å²) < 4.78 is 0. The number of fused-ring (bicyclic) bond motifs is 1. The third kappa shape index (κ3) is 2.75. The number of hydrogen-bond donors (Lipinski definition) is 1. The second-order valence-electron chi connectivity index (χ2n) is 6.66. The Morgan fingerprint density at radius 3 is 2.86 bits per heavy atom. The molecule has 0 saturated carbocycles. The normalized spacial score (nSPS) is 27.1. The maximum atomic E-state index is 12.7. The van der Waals surface area contributed by atoms with Crippen molar-refractivity contribution < 1.29 is 4.79 Å². The Kier molecular flexibility index (Phi) is 3.85. The van der Waals surface area contributed by atoms with Gasteiger partial charge in [-0.15, -0.1) is 0 Å². The maximum absolute atomic E-state index is 12.7. The Balaban J connectivity index is 1.79. The van der Waals surface area contributed by atoms with Gasteiger partial charge in [0.25, 0.3) is 0 Å². The Bertz CT molecular complexity index is 645. The minimum atomic E-state index is 0.223. The summed E-state index contributed by atoms with van der Waals surface area (Å²) in [6.45, 7) is 8.38. The number of aromatic nitrogens is 1. The number of carbonyl (C=O) groups is 1. The van der Waals surface area contributed by atoms with Crippen LogP contribution >= 0.6 is 0 Å². The monoisotopic (exact) mass is 284 g/mol. The van der Waals surface area contributed by atoms with Crippen LogP contribution in [0.1, 0.15) is 37.6 Å². The molecule has 1 aliphatic heterocycles. The molecular weight excluding hydrogens is 260 g/mol. The first-order chi connectivity index (χ1) is 10.1. The molecule has 0 radical (unpaired) electrons. The van der Waals surface area contributed by atoms with E-state index in [0.717, 1.165) is 23.0 Å². The molecule has 1 saturated heterocycles. The van der Waals surface area contributed by atoms with Gasteiger partial charge in [0.15, 0.2) is 5.78 Å². The SMILES string of the molecule is CC1CC(C)C(C)N(CC(=O)c2c[nH]c3ccccc23)C1. The number of hydrogen-bond acceptors (Lipinski definition) is 2. The van der Waals surface area contributed by atoms with E-state index in [2.05, 4.69) is 30.7 Å². The molecule has 3 unspecified atom stereocenters. The minimum Gasteiger partial charge on any atom is -0.360 e. The first kappa shape index (κ1) is 14.3. The maximum Gasteiger partial charge on any atom is 0.178 e. The quantitative estimate of drug-likeness (QED) is 0.872. The summed E-state index contributed by atoms with van der Waals surface area (Å²) in [6, 6.07) is 8.49. The molecule has 0 spiro atoms. The van der Waals surface area contributed by atoms with Crippen LogP contribution in [0, 0.1) is 11.8 Å². The number of benzene rings is 1. The van der Waals surface area contributed by atoms with Crippen LogP contribution in [0.2, 0.25) is 0 Å². The number of aromatic amines is 1. The van der Waals surface area contributed by atoms with Gasteiger partial charge < -0.3 is 4.98 Å². The summed E-state index contributed by atoms with van der Waals surface area (Å²) in [4.78, 5) is 18.2. The number of nitrogens with zero attached hydrogens (tertiary/aromatic N) is 1. The third-order valence-corrected chi connectivity index (χ3v) is 4.96. The van der Waals surface area contributed by atoms with Crippen molar-refractivity contribution in [1.29, 1.82) is 0 Å². The molecular formula is C18H24N2O. The molecule has 2 heterocycles. The average molecular weight is 284 g/mol. The van der Waals surface area contributed by atoms with E-state index in [1.807, 2.05) is 30.5 Å². The molecule has 3 heteroatoms. The van der Waals surface area contributed by atoms with E-state index in [4.69, 9.17) is 0 Å². The van der Waals surface area contributed by atoms with Crippen LogP contribution in [0.25, 0.3) is 10.9 Å². The number of H-pyrrole nitrogens is 1. The van der Waals surface area contributed by atoms with Crippen molar-refractivity contribution in [1.82, 2.24) is 9.88 Å². The molecule has 3 nitrogen and oxygen atoms in total. The predicted molar refractivity (Wildman–Crippen MR) is 86.6 cm³/mol. The van der Waals surface area contributed by atoms with Gasteiger partial charge in [0.05, 0.1) is 6.54 Å². The molecule has 3 rings (SSSR count). The lowest BCUT2D eigenvalue weighted by atomic mass is 9.86. The van der Waals surface area contributed by atoms with E-state index >= 15 is 0 Å². The van der Waals surface area contributed by atoms with Crippen molar-refractivity contribution in [2.24, 2.45) is 11.8 Å².